The molecule has 0 spiro atoms. The number of hydrogen-bond donors (Lipinski definition) is 2. The van der Waals surface area contributed by atoms with E-state index in [0.29, 0.717) is 19.0 Å². The van der Waals surface area contributed by atoms with E-state index in [1.807, 2.05) is 25.1 Å². The summed E-state index contributed by atoms with van der Waals surface area (Å²) in [5.41, 5.74) is 3.17. The maximum absolute atomic E-state index is 4.61. The van der Waals surface area contributed by atoms with E-state index in [-0.39, 0.29) is 0 Å². The van der Waals surface area contributed by atoms with Crippen molar-refractivity contribution in [2.24, 2.45) is 4.99 Å². The van der Waals surface area contributed by atoms with Gasteiger partial charge in [0.05, 0.1) is 24.5 Å². The van der Waals surface area contributed by atoms with E-state index in [0.717, 1.165) is 28.0 Å². The Bertz CT molecular complexity index is 633. The van der Waals surface area contributed by atoms with Gasteiger partial charge in [0.2, 0.25) is 0 Å². The Kier molecular flexibility index (Phi) is 5.89. The molecule has 0 aliphatic heterocycles. The van der Waals surface area contributed by atoms with Crippen LogP contribution in [0.3, 0.4) is 0 Å². The Morgan fingerprint density at radius 1 is 1.23 bits per heavy atom. The minimum atomic E-state index is 0.467. The predicted octanol–water partition coefficient (Wildman–Crippen LogP) is 2.84. The fraction of sp³-hybridized carbons (Fsp3) is 0.438. The SMILES string of the molecule is CN=C(NCc1cccc(C)n1)NCc1nc(C(C)C)cs1. The van der Waals surface area contributed by atoms with Crippen LogP contribution in [0.15, 0.2) is 28.6 Å². The maximum Gasteiger partial charge on any atom is 0.191 e. The van der Waals surface area contributed by atoms with Gasteiger partial charge in [-0.1, -0.05) is 19.9 Å². The summed E-state index contributed by atoms with van der Waals surface area (Å²) in [5.74, 6) is 1.22. The van der Waals surface area contributed by atoms with Crippen molar-refractivity contribution < 1.29 is 0 Å². The third-order valence-electron chi connectivity index (χ3n) is 3.17. The van der Waals surface area contributed by atoms with Crippen LogP contribution in [-0.4, -0.2) is 23.0 Å². The van der Waals surface area contributed by atoms with E-state index >= 15 is 0 Å². The third kappa shape index (κ3) is 4.80. The minimum Gasteiger partial charge on any atom is -0.351 e. The van der Waals surface area contributed by atoms with Gasteiger partial charge < -0.3 is 10.6 Å². The van der Waals surface area contributed by atoms with E-state index < -0.39 is 0 Å². The number of aliphatic imine (C=N–C) groups is 1. The lowest BCUT2D eigenvalue weighted by Gasteiger charge is -2.10. The molecule has 0 atom stereocenters. The van der Waals surface area contributed by atoms with E-state index in [1.165, 1.54) is 0 Å². The zero-order chi connectivity index (χ0) is 15.9. The van der Waals surface area contributed by atoms with Crippen LogP contribution in [-0.2, 0) is 13.1 Å². The maximum atomic E-state index is 4.61. The summed E-state index contributed by atoms with van der Waals surface area (Å²) in [6.45, 7) is 7.63. The van der Waals surface area contributed by atoms with Crippen molar-refractivity contribution >= 4 is 17.3 Å². The van der Waals surface area contributed by atoms with Crippen LogP contribution < -0.4 is 10.6 Å². The quantitative estimate of drug-likeness (QED) is 0.657. The average molecular weight is 317 g/mol. The fourth-order valence-corrected chi connectivity index (χ4v) is 2.82. The summed E-state index contributed by atoms with van der Waals surface area (Å²) in [4.78, 5) is 13.3. The molecule has 0 fully saturated rings. The van der Waals surface area contributed by atoms with Gasteiger partial charge in [0.25, 0.3) is 0 Å². The molecular formula is C16H23N5S. The van der Waals surface area contributed by atoms with Gasteiger partial charge in [-0.3, -0.25) is 9.98 Å². The van der Waals surface area contributed by atoms with Gasteiger partial charge in [-0.05, 0) is 25.0 Å². The molecule has 0 aliphatic carbocycles. The molecule has 2 N–H and O–H groups in total. The van der Waals surface area contributed by atoms with Crippen LogP contribution in [0, 0.1) is 6.92 Å². The van der Waals surface area contributed by atoms with Gasteiger partial charge in [0, 0.05) is 18.1 Å². The number of rotatable bonds is 5. The molecule has 0 amide bonds. The first-order chi connectivity index (χ1) is 10.6. The standard InChI is InChI=1S/C16H23N5S/c1-11(2)14-10-22-15(21-14)9-19-16(17-4)18-8-13-7-5-6-12(3)20-13/h5-7,10-11H,8-9H2,1-4H3,(H2,17,18,19). The number of pyridine rings is 1. The highest BCUT2D eigenvalue weighted by molar-refractivity contribution is 7.09. The molecule has 0 bridgehead atoms. The first-order valence-corrected chi connectivity index (χ1v) is 8.28. The second-order valence-electron chi connectivity index (χ2n) is 5.37. The Labute approximate surface area is 135 Å². The molecular weight excluding hydrogens is 294 g/mol. The highest BCUT2D eigenvalue weighted by atomic mass is 32.1. The van der Waals surface area contributed by atoms with Gasteiger partial charge in [0.15, 0.2) is 5.96 Å². The van der Waals surface area contributed by atoms with Crippen molar-refractivity contribution in [1.82, 2.24) is 20.6 Å². The first kappa shape index (κ1) is 16.4. The molecule has 118 valence electrons. The van der Waals surface area contributed by atoms with Gasteiger partial charge >= 0.3 is 0 Å². The summed E-state index contributed by atoms with van der Waals surface area (Å²) in [7, 11) is 1.76. The van der Waals surface area contributed by atoms with Crippen molar-refractivity contribution in [2.45, 2.75) is 39.8 Å². The lowest BCUT2D eigenvalue weighted by atomic mass is 10.2. The summed E-state index contributed by atoms with van der Waals surface area (Å²) < 4.78 is 0. The van der Waals surface area contributed by atoms with E-state index in [4.69, 9.17) is 0 Å². The monoisotopic (exact) mass is 317 g/mol. The zero-order valence-corrected chi connectivity index (χ0v) is 14.4. The van der Waals surface area contributed by atoms with Gasteiger partial charge in [-0.15, -0.1) is 11.3 Å². The lowest BCUT2D eigenvalue weighted by molar-refractivity contribution is 0.776. The van der Waals surface area contributed by atoms with Crippen LogP contribution in [0.4, 0.5) is 0 Å². The topological polar surface area (TPSA) is 62.2 Å². The Morgan fingerprint density at radius 3 is 2.64 bits per heavy atom. The highest BCUT2D eigenvalue weighted by Crippen LogP contribution is 2.17. The molecule has 2 aromatic heterocycles. The molecule has 0 aromatic carbocycles. The number of guanidine groups is 1. The van der Waals surface area contributed by atoms with Crippen LogP contribution in [0.1, 0.15) is 41.9 Å². The molecule has 6 heteroatoms. The molecule has 2 rings (SSSR count). The highest BCUT2D eigenvalue weighted by Gasteiger charge is 2.06. The smallest absolute Gasteiger partial charge is 0.191 e. The second-order valence-corrected chi connectivity index (χ2v) is 6.31. The molecule has 0 unspecified atom stereocenters. The van der Waals surface area contributed by atoms with Crippen molar-refractivity contribution in [3.05, 3.63) is 45.7 Å². The van der Waals surface area contributed by atoms with Crippen LogP contribution in [0.2, 0.25) is 0 Å². The molecule has 0 aliphatic rings. The number of hydrogen-bond acceptors (Lipinski definition) is 4. The van der Waals surface area contributed by atoms with E-state index in [1.54, 1.807) is 18.4 Å². The van der Waals surface area contributed by atoms with Crippen LogP contribution in [0.5, 0.6) is 0 Å². The van der Waals surface area contributed by atoms with E-state index in [2.05, 4.69) is 44.8 Å². The zero-order valence-electron chi connectivity index (χ0n) is 13.6. The van der Waals surface area contributed by atoms with Crippen molar-refractivity contribution in [3.63, 3.8) is 0 Å². The summed E-state index contributed by atoms with van der Waals surface area (Å²) in [6, 6.07) is 6.01. The van der Waals surface area contributed by atoms with Crippen LogP contribution >= 0.6 is 11.3 Å². The predicted molar refractivity (Wildman–Crippen MR) is 92.2 cm³/mol. The van der Waals surface area contributed by atoms with E-state index in [9.17, 15) is 0 Å². The lowest BCUT2D eigenvalue weighted by Crippen LogP contribution is -2.36. The summed E-state index contributed by atoms with van der Waals surface area (Å²) in [5, 5.41) is 9.74. The van der Waals surface area contributed by atoms with Crippen molar-refractivity contribution in [1.29, 1.82) is 0 Å². The fourth-order valence-electron chi connectivity index (χ4n) is 1.92. The van der Waals surface area contributed by atoms with Crippen molar-refractivity contribution in [2.75, 3.05) is 7.05 Å². The van der Waals surface area contributed by atoms with Crippen LogP contribution in [0.25, 0.3) is 0 Å². The molecule has 2 aromatic rings. The summed E-state index contributed by atoms with van der Waals surface area (Å²) in [6.07, 6.45) is 0. The third-order valence-corrected chi connectivity index (χ3v) is 4.04. The Hall–Kier alpha value is -1.95. The molecule has 0 saturated heterocycles. The summed E-state index contributed by atoms with van der Waals surface area (Å²) >= 11 is 1.68. The number of nitrogens with zero attached hydrogens (tertiary/aromatic N) is 3. The normalized spacial score (nSPS) is 11.8. The number of aryl methyl sites for hydroxylation is 1. The first-order valence-electron chi connectivity index (χ1n) is 7.40. The number of thiazole rings is 1. The van der Waals surface area contributed by atoms with Gasteiger partial charge in [-0.25, -0.2) is 4.98 Å². The van der Waals surface area contributed by atoms with Crippen molar-refractivity contribution in [3.8, 4) is 0 Å². The largest absolute Gasteiger partial charge is 0.351 e. The van der Waals surface area contributed by atoms with Gasteiger partial charge in [0.1, 0.15) is 5.01 Å². The number of nitrogens with one attached hydrogen (secondary N) is 2. The van der Waals surface area contributed by atoms with Gasteiger partial charge in [-0.2, -0.15) is 0 Å². The average Bonchev–Trinajstić information content (AvgIpc) is 2.97. The minimum absolute atomic E-state index is 0.467. The molecule has 22 heavy (non-hydrogen) atoms. The second kappa shape index (κ2) is 7.89. The molecule has 2 heterocycles. The Morgan fingerprint density at radius 2 is 2.00 bits per heavy atom. The molecule has 0 saturated carbocycles. The number of aromatic nitrogens is 2. The molecule has 5 nitrogen and oxygen atoms in total. The molecule has 0 radical (unpaired) electrons. The Balaban J connectivity index is 1.84.